The number of benzene rings is 1. The molecule has 2 atom stereocenters. The fourth-order valence-corrected chi connectivity index (χ4v) is 4.43. The van der Waals surface area contributed by atoms with Gasteiger partial charge in [-0.05, 0) is 43.5 Å². The van der Waals surface area contributed by atoms with Crippen LogP contribution in [0.1, 0.15) is 37.6 Å². The molecule has 0 saturated carbocycles. The van der Waals surface area contributed by atoms with Gasteiger partial charge in [0, 0.05) is 43.3 Å². The molecule has 3 aromatic rings. The van der Waals surface area contributed by atoms with Crippen LogP contribution in [0.15, 0.2) is 24.3 Å². The molecule has 10 nitrogen and oxygen atoms in total. The van der Waals surface area contributed by atoms with Crippen LogP contribution in [-0.2, 0) is 11.8 Å². The van der Waals surface area contributed by atoms with Crippen molar-refractivity contribution < 1.29 is 13.9 Å². The van der Waals surface area contributed by atoms with E-state index >= 15 is 0 Å². The normalized spacial score (nSPS) is 15.8. The molecule has 1 aromatic carbocycles. The van der Waals surface area contributed by atoms with Gasteiger partial charge in [0.25, 0.3) is 5.91 Å². The van der Waals surface area contributed by atoms with Crippen LogP contribution in [0.5, 0.6) is 0 Å². The van der Waals surface area contributed by atoms with Crippen molar-refractivity contribution in [2.45, 2.75) is 39.3 Å². The number of carbonyl (C=O) groups excluding carboxylic acids is 1. The summed E-state index contributed by atoms with van der Waals surface area (Å²) in [6.45, 7) is 8.80. The SMILES string of the molecule is CC(C)C[C@@H](Nc1nc(Nc2ccc3c(c2)c(N2CCOCC2)nn3C)c(C(N)=O)cc1F)[C@H](C)N. The minimum atomic E-state index is -0.780. The number of nitrogens with two attached hydrogens (primary N) is 2. The summed E-state index contributed by atoms with van der Waals surface area (Å²) in [5, 5.41) is 11.9. The summed E-state index contributed by atoms with van der Waals surface area (Å²) < 4.78 is 22.2. The Kier molecular flexibility index (Phi) is 7.60. The number of fused-ring (bicyclic) bond motifs is 1. The molecule has 36 heavy (non-hydrogen) atoms. The predicted octanol–water partition coefficient (Wildman–Crippen LogP) is 2.96. The highest BCUT2D eigenvalue weighted by Gasteiger charge is 2.22. The lowest BCUT2D eigenvalue weighted by Gasteiger charge is -2.27. The van der Waals surface area contributed by atoms with E-state index in [4.69, 9.17) is 21.3 Å². The van der Waals surface area contributed by atoms with Gasteiger partial charge in [0.05, 0.1) is 24.3 Å². The number of amides is 1. The first-order chi connectivity index (χ1) is 17.1. The van der Waals surface area contributed by atoms with Gasteiger partial charge in [-0.2, -0.15) is 5.10 Å². The number of hydrogen-bond acceptors (Lipinski definition) is 8. The Bertz CT molecular complexity index is 1240. The number of carbonyl (C=O) groups is 1. The zero-order valence-electron chi connectivity index (χ0n) is 21.2. The number of nitrogens with one attached hydrogen (secondary N) is 2. The number of morpholine rings is 1. The number of halogens is 1. The highest BCUT2D eigenvalue weighted by molar-refractivity contribution is 5.99. The van der Waals surface area contributed by atoms with Gasteiger partial charge >= 0.3 is 0 Å². The summed E-state index contributed by atoms with van der Waals surface area (Å²) in [7, 11) is 1.90. The number of aromatic nitrogens is 3. The molecule has 1 amide bonds. The van der Waals surface area contributed by atoms with Crippen molar-refractivity contribution in [3.05, 3.63) is 35.6 Å². The van der Waals surface area contributed by atoms with Gasteiger partial charge in [0.2, 0.25) is 0 Å². The maximum Gasteiger partial charge on any atom is 0.252 e. The van der Waals surface area contributed by atoms with E-state index in [1.54, 1.807) is 0 Å². The van der Waals surface area contributed by atoms with E-state index in [0.29, 0.717) is 24.8 Å². The number of aryl methyl sites for hydroxylation is 1. The van der Waals surface area contributed by atoms with Crippen LogP contribution in [0.2, 0.25) is 0 Å². The van der Waals surface area contributed by atoms with Gasteiger partial charge in [0.1, 0.15) is 5.82 Å². The second kappa shape index (κ2) is 10.7. The highest BCUT2D eigenvalue weighted by atomic mass is 19.1. The number of pyridine rings is 1. The summed E-state index contributed by atoms with van der Waals surface area (Å²) in [6.07, 6.45) is 0.737. The smallest absolute Gasteiger partial charge is 0.252 e. The summed E-state index contributed by atoms with van der Waals surface area (Å²) in [6, 6.07) is 6.43. The van der Waals surface area contributed by atoms with Gasteiger partial charge in [-0.3, -0.25) is 9.48 Å². The number of ether oxygens (including phenoxy) is 1. The Morgan fingerprint density at radius 2 is 1.92 bits per heavy atom. The lowest BCUT2D eigenvalue weighted by Crippen LogP contribution is -2.39. The second-order valence-corrected chi connectivity index (χ2v) is 9.72. The topological polar surface area (TPSA) is 136 Å². The van der Waals surface area contributed by atoms with Gasteiger partial charge in [-0.15, -0.1) is 0 Å². The fraction of sp³-hybridized carbons (Fsp3) is 0.480. The molecule has 2 aromatic heterocycles. The molecule has 3 heterocycles. The molecular formula is C25H35FN8O2. The van der Waals surface area contributed by atoms with Crippen LogP contribution in [0.25, 0.3) is 10.9 Å². The van der Waals surface area contributed by atoms with Crippen LogP contribution in [0.3, 0.4) is 0 Å². The average molecular weight is 499 g/mol. The van der Waals surface area contributed by atoms with Crippen LogP contribution in [-0.4, -0.2) is 59.1 Å². The van der Waals surface area contributed by atoms with Crippen molar-refractivity contribution in [2.75, 3.05) is 41.8 Å². The van der Waals surface area contributed by atoms with E-state index in [2.05, 4.69) is 34.4 Å². The van der Waals surface area contributed by atoms with Crippen LogP contribution < -0.4 is 27.0 Å². The second-order valence-electron chi connectivity index (χ2n) is 9.72. The molecule has 1 fully saturated rings. The van der Waals surface area contributed by atoms with Crippen molar-refractivity contribution in [2.24, 2.45) is 24.4 Å². The molecule has 6 N–H and O–H groups in total. The molecule has 194 valence electrons. The molecule has 1 aliphatic heterocycles. The van der Waals surface area contributed by atoms with Gasteiger partial charge in [-0.25, -0.2) is 9.37 Å². The van der Waals surface area contributed by atoms with Crippen LogP contribution in [0, 0.1) is 11.7 Å². The zero-order valence-corrected chi connectivity index (χ0v) is 21.2. The zero-order chi connectivity index (χ0) is 26.0. The van der Waals surface area contributed by atoms with Crippen LogP contribution >= 0.6 is 0 Å². The number of hydrogen-bond donors (Lipinski definition) is 4. The first-order valence-corrected chi connectivity index (χ1v) is 12.2. The van der Waals surface area contributed by atoms with Crippen LogP contribution in [0.4, 0.5) is 27.5 Å². The van der Waals surface area contributed by atoms with E-state index in [1.165, 1.54) is 0 Å². The lowest BCUT2D eigenvalue weighted by molar-refractivity contribution is 0.100. The number of anilines is 4. The van der Waals surface area contributed by atoms with E-state index in [9.17, 15) is 9.18 Å². The summed E-state index contributed by atoms with van der Waals surface area (Å²) in [5.41, 5.74) is 13.3. The molecule has 0 unspecified atom stereocenters. The third-order valence-electron chi connectivity index (χ3n) is 6.33. The first-order valence-electron chi connectivity index (χ1n) is 12.2. The number of rotatable bonds is 9. The fourth-order valence-electron chi connectivity index (χ4n) is 4.43. The van der Waals surface area contributed by atoms with Crippen molar-refractivity contribution in [3.63, 3.8) is 0 Å². The van der Waals surface area contributed by atoms with Crippen molar-refractivity contribution >= 4 is 40.0 Å². The van der Waals surface area contributed by atoms with Gasteiger partial charge < -0.3 is 31.7 Å². The molecule has 0 spiro atoms. The third kappa shape index (κ3) is 5.52. The standard InChI is InChI=1S/C25H35FN8O2/c1-14(2)11-20(15(3)27)30-24-19(26)13-18(22(28)35)23(31-24)29-16-5-6-21-17(12-16)25(32-33(21)4)34-7-9-36-10-8-34/h5-6,12-15,20H,7-11,27H2,1-4H3,(H2,28,35)(H2,29,30,31)/t15-,20+/m0/s1. The monoisotopic (exact) mass is 498 g/mol. The quantitative estimate of drug-likeness (QED) is 0.354. The molecule has 0 bridgehead atoms. The van der Waals surface area contributed by atoms with Gasteiger partial charge in [0.15, 0.2) is 17.5 Å². The Hall–Kier alpha value is -3.44. The third-order valence-corrected chi connectivity index (χ3v) is 6.33. The minimum absolute atomic E-state index is 0.0157. The lowest BCUT2D eigenvalue weighted by atomic mass is 9.99. The molecule has 11 heteroatoms. The molecular weight excluding hydrogens is 463 g/mol. The molecule has 0 radical (unpaired) electrons. The van der Waals surface area contributed by atoms with E-state index in [0.717, 1.165) is 42.3 Å². The molecule has 1 saturated heterocycles. The molecule has 4 rings (SSSR count). The van der Waals surface area contributed by atoms with E-state index in [-0.39, 0.29) is 29.3 Å². The Morgan fingerprint density at radius 3 is 2.56 bits per heavy atom. The van der Waals surface area contributed by atoms with E-state index in [1.807, 2.05) is 36.9 Å². The summed E-state index contributed by atoms with van der Waals surface area (Å²) >= 11 is 0. The minimum Gasteiger partial charge on any atom is -0.378 e. The summed E-state index contributed by atoms with van der Waals surface area (Å²) in [5.74, 6) is -0.0558. The van der Waals surface area contributed by atoms with Crippen molar-refractivity contribution in [3.8, 4) is 0 Å². The largest absolute Gasteiger partial charge is 0.378 e. The Morgan fingerprint density at radius 1 is 1.19 bits per heavy atom. The Labute approximate surface area is 210 Å². The number of nitrogens with zero attached hydrogens (tertiary/aromatic N) is 4. The average Bonchev–Trinajstić information content (AvgIpc) is 3.16. The Balaban J connectivity index is 1.69. The highest BCUT2D eigenvalue weighted by Crippen LogP contribution is 2.31. The van der Waals surface area contributed by atoms with E-state index < -0.39 is 11.7 Å². The molecule has 0 aliphatic carbocycles. The summed E-state index contributed by atoms with van der Waals surface area (Å²) in [4.78, 5) is 18.7. The molecule has 1 aliphatic rings. The van der Waals surface area contributed by atoms with Crippen molar-refractivity contribution in [1.82, 2.24) is 14.8 Å². The van der Waals surface area contributed by atoms with Gasteiger partial charge in [-0.1, -0.05) is 13.8 Å². The maximum atomic E-state index is 14.9. The first kappa shape index (κ1) is 25.6. The van der Waals surface area contributed by atoms with Crippen molar-refractivity contribution in [1.29, 1.82) is 0 Å². The predicted molar refractivity (Wildman–Crippen MR) is 140 cm³/mol. The number of primary amides is 1. The maximum absolute atomic E-state index is 14.9.